The molecule has 3 heterocycles. The highest BCUT2D eigenvalue weighted by Crippen LogP contribution is 2.24. The van der Waals surface area contributed by atoms with Gasteiger partial charge in [0.1, 0.15) is 5.82 Å². The van der Waals surface area contributed by atoms with Gasteiger partial charge in [0.2, 0.25) is 0 Å². The third-order valence-corrected chi connectivity index (χ3v) is 3.86. The lowest BCUT2D eigenvalue weighted by Gasteiger charge is -2.07. The maximum atomic E-state index is 4.42. The van der Waals surface area contributed by atoms with Crippen LogP contribution in [-0.4, -0.2) is 24.5 Å². The van der Waals surface area contributed by atoms with Crippen molar-refractivity contribution in [1.29, 1.82) is 0 Å². The average molecular weight is 259 g/mol. The number of hydrogen-bond acceptors (Lipinski definition) is 3. The smallest absolute Gasteiger partial charge is 0.167 e. The Kier molecular flexibility index (Phi) is 3.36. The van der Waals surface area contributed by atoms with Gasteiger partial charge in [-0.3, -0.25) is 4.68 Å². The molecule has 0 saturated carbocycles. The van der Waals surface area contributed by atoms with E-state index in [0.717, 1.165) is 35.9 Å². The fraction of sp³-hybridized carbons (Fsp3) is 0.643. The number of aryl methyl sites for hydroxylation is 3. The van der Waals surface area contributed by atoms with Crippen molar-refractivity contribution in [3.8, 4) is 11.4 Å². The number of fused-ring (bicyclic) bond motifs is 1. The van der Waals surface area contributed by atoms with Crippen LogP contribution >= 0.6 is 0 Å². The second-order valence-corrected chi connectivity index (χ2v) is 5.41. The second kappa shape index (κ2) is 5.15. The Bertz CT molecular complexity index is 566. The van der Waals surface area contributed by atoms with Crippen molar-refractivity contribution < 1.29 is 0 Å². The molecule has 3 rings (SSSR count). The van der Waals surface area contributed by atoms with Crippen LogP contribution in [0.3, 0.4) is 0 Å². The van der Waals surface area contributed by atoms with E-state index in [-0.39, 0.29) is 0 Å². The van der Waals surface area contributed by atoms with Crippen LogP contribution in [0.15, 0.2) is 6.20 Å². The average Bonchev–Trinajstić information content (AvgIpc) is 2.92. The maximum Gasteiger partial charge on any atom is 0.167 e. The van der Waals surface area contributed by atoms with Crippen LogP contribution in [0.4, 0.5) is 0 Å². The lowest BCUT2D eigenvalue weighted by Crippen LogP contribution is -2.05. The topological polar surface area (TPSA) is 48.5 Å². The van der Waals surface area contributed by atoms with Crippen LogP contribution in [0.2, 0.25) is 0 Å². The third kappa shape index (κ3) is 2.41. The van der Waals surface area contributed by atoms with E-state index in [1.54, 1.807) is 0 Å². The fourth-order valence-electron chi connectivity index (χ4n) is 2.86. The molecule has 0 fully saturated rings. The Balaban J connectivity index is 2.00. The number of hydrogen-bond donors (Lipinski definition) is 0. The van der Waals surface area contributed by atoms with Crippen LogP contribution in [0.5, 0.6) is 0 Å². The highest BCUT2D eigenvalue weighted by Gasteiger charge is 2.17. The molecule has 1 aliphatic heterocycles. The number of aromatic nitrogens is 5. The Hall–Kier alpha value is -1.65. The molecule has 0 unspecified atom stereocenters. The van der Waals surface area contributed by atoms with Crippen LogP contribution in [0, 0.1) is 6.92 Å². The minimum absolute atomic E-state index is 0.988. The monoisotopic (exact) mass is 259 g/mol. The molecule has 1 aliphatic rings. The summed E-state index contributed by atoms with van der Waals surface area (Å²) in [5.41, 5.74) is 2.14. The van der Waals surface area contributed by atoms with Crippen molar-refractivity contribution in [1.82, 2.24) is 24.5 Å². The van der Waals surface area contributed by atoms with Gasteiger partial charge in [-0.2, -0.15) is 5.10 Å². The van der Waals surface area contributed by atoms with E-state index >= 15 is 0 Å². The van der Waals surface area contributed by atoms with Gasteiger partial charge in [0.25, 0.3) is 0 Å². The zero-order chi connectivity index (χ0) is 13.2. The summed E-state index contributed by atoms with van der Waals surface area (Å²) in [6.45, 7) is 3.07. The first-order valence-corrected chi connectivity index (χ1v) is 7.18. The van der Waals surface area contributed by atoms with Crippen molar-refractivity contribution in [3.05, 3.63) is 17.7 Å². The molecule has 2 aromatic heterocycles. The van der Waals surface area contributed by atoms with Crippen LogP contribution in [-0.2, 0) is 20.0 Å². The minimum atomic E-state index is 0.988. The van der Waals surface area contributed by atoms with E-state index < -0.39 is 0 Å². The lowest BCUT2D eigenvalue weighted by atomic mass is 10.1. The molecule has 2 aromatic rings. The van der Waals surface area contributed by atoms with Crippen LogP contribution in [0.1, 0.15) is 43.6 Å². The van der Waals surface area contributed by atoms with Gasteiger partial charge in [-0.25, -0.2) is 0 Å². The van der Waals surface area contributed by atoms with Gasteiger partial charge in [-0.05, 0) is 19.8 Å². The first-order chi connectivity index (χ1) is 9.25. The molecule has 0 bridgehead atoms. The fourth-order valence-corrected chi connectivity index (χ4v) is 2.86. The highest BCUT2D eigenvalue weighted by molar-refractivity contribution is 5.57. The molecule has 19 heavy (non-hydrogen) atoms. The molecule has 0 spiro atoms. The molecule has 0 saturated heterocycles. The summed E-state index contributed by atoms with van der Waals surface area (Å²) >= 11 is 0. The van der Waals surface area contributed by atoms with Crippen LogP contribution in [0.25, 0.3) is 11.4 Å². The van der Waals surface area contributed by atoms with Crippen molar-refractivity contribution >= 4 is 0 Å². The minimum Gasteiger partial charge on any atom is -0.311 e. The summed E-state index contributed by atoms with van der Waals surface area (Å²) in [5, 5.41) is 13.2. The summed E-state index contributed by atoms with van der Waals surface area (Å²) in [7, 11) is 1.95. The highest BCUT2D eigenvalue weighted by atomic mass is 15.3. The summed E-state index contributed by atoms with van der Waals surface area (Å²) in [5.74, 6) is 2.13. The lowest BCUT2D eigenvalue weighted by molar-refractivity contribution is 0.587. The predicted octanol–water partition coefficient (Wildman–Crippen LogP) is 2.49. The molecular formula is C14H21N5. The van der Waals surface area contributed by atoms with Gasteiger partial charge in [0, 0.05) is 26.2 Å². The molecule has 0 aromatic carbocycles. The first-order valence-electron chi connectivity index (χ1n) is 7.18. The van der Waals surface area contributed by atoms with E-state index in [1.165, 1.54) is 32.1 Å². The van der Waals surface area contributed by atoms with E-state index in [1.807, 2.05) is 24.9 Å². The largest absolute Gasteiger partial charge is 0.311 e. The standard InChI is InChI=1S/C14H21N5/c1-11-12(10-18(2)17-11)14-16-15-13-8-6-4-3-5-7-9-19(13)14/h10H,3-9H2,1-2H3. The van der Waals surface area contributed by atoms with Gasteiger partial charge >= 0.3 is 0 Å². The second-order valence-electron chi connectivity index (χ2n) is 5.41. The van der Waals surface area contributed by atoms with Crippen LogP contribution < -0.4 is 0 Å². The maximum absolute atomic E-state index is 4.42. The van der Waals surface area contributed by atoms with Gasteiger partial charge < -0.3 is 4.57 Å². The zero-order valence-corrected chi connectivity index (χ0v) is 11.8. The normalized spacial score (nSPS) is 16.5. The quantitative estimate of drug-likeness (QED) is 0.790. The van der Waals surface area contributed by atoms with Gasteiger partial charge in [0.15, 0.2) is 5.82 Å². The number of rotatable bonds is 1. The summed E-state index contributed by atoms with van der Waals surface area (Å²) in [4.78, 5) is 0. The SMILES string of the molecule is Cc1nn(C)cc1-c1nnc2n1CCCCCCC2. The van der Waals surface area contributed by atoms with E-state index in [2.05, 4.69) is 19.9 Å². The van der Waals surface area contributed by atoms with Crippen molar-refractivity contribution in [2.24, 2.45) is 7.05 Å². The predicted molar refractivity (Wildman–Crippen MR) is 73.8 cm³/mol. The van der Waals surface area contributed by atoms with Gasteiger partial charge in [-0.1, -0.05) is 19.3 Å². The summed E-state index contributed by atoms with van der Waals surface area (Å²) in [6.07, 6.45) is 9.50. The van der Waals surface area contributed by atoms with Gasteiger partial charge in [-0.15, -0.1) is 10.2 Å². The Morgan fingerprint density at radius 3 is 2.63 bits per heavy atom. The van der Waals surface area contributed by atoms with Crippen molar-refractivity contribution in [2.45, 2.75) is 52.0 Å². The molecule has 0 N–H and O–H groups in total. The summed E-state index contributed by atoms with van der Waals surface area (Å²) in [6, 6.07) is 0. The molecule has 5 heteroatoms. The Labute approximate surface area is 113 Å². The molecule has 0 amide bonds. The van der Waals surface area contributed by atoms with Crippen molar-refractivity contribution in [3.63, 3.8) is 0 Å². The van der Waals surface area contributed by atoms with E-state index in [9.17, 15) is 0 Å². The summed E-state index contributed by atoms with van der Waals surface area (Å²) < 4.78 is 4.15. The van der Waals surface area contributed by atoms with Crippen molar-refractivity contribution in [2.75, 3.05) is 0 Å². The first kappa shape index (κ1) is 12.4. The third-order valence-electron chi connectivity index (χ3n) is 3.86. The van der Waals surface area contributed by atoms with E-state index in [4.69, 9.17) is 0 Å². The van der Waals surface area contributed by atoms with E-state index in [0.29, 0.717) is 0 Å². The molecular weight excluding hydrogens is 238 g/mol. The molecule has 0 atom stereocenters. The van der Waals surface area contributed by atoms with Gasteiger partial charge in [0.05, 0.1) is 11.3 Å². The number of nitrogens with zero attached hydrogens (tertiary/aromatic N) is 5. The molecule has 0 aliphatic carbocycles. The zero-order valence-electron chi connectivity index (χ0n) is 11.8. The molecule has 102 valence electrons. The molecule has 0 radical (unpaired) electrons. The molecule has 5 nitrogen and oxygen atoms in total. The Morgan fingerprint density at radius 1 is 1.05 bits per heavy atom. The Morgan fingerprint density at radius 2 is 1.84 bits per heavy atom.